The second kappa shape index (κ2) is 12.5. The maximum Gasteiger partial charge on any atom is 4.00 e. The van der Waals surface area contributed by atoms with Crippen molar-refractivity contribution >= 4 is 9.52 Å². The van der Waals surface area contributed by atoms with Crippen molar-refractivity contribution in [2.75, 3.05) is 0 Å². The number of halogens is 2. The summed E-state index contributed by atoms with van der Waals surface area (Å²) in [6, 6.07) is 0. The molecule has 1 atom stereocenters. The number of hydrogen-bond acceptors (Lipinski definition) is 0. The Kier molecular flexibility index (Phi) is 14.0. The number of hydrogen-bond donors (Lipinski definition) is 0. The van der Waals surface area contributed by atoms with E-state index in [9.17, 15) is 0 Å². The van der Waals surface area contributed by atoms with Gasteiger partial charge in [0, 0.05) is 9.52 Å². The molecular weight excluding hydrogens is 413 g/mol. The van der Waals surface area contributed by atoms with Crippen LogP contribution in [0.4, 0.5) is 0 Å². The zero-order valence-corrected chi connectivity index (χ0v) is 21.6. The zero-order chi connectivity index (χ0) is 17.2. The van der Waals surface area contributed by atoms with Gasteiger partial charge >= 0.3 is 21.7 Å². The monoisotopic (exact) mass is 448 g/mol. The van der Waals surface area contributed by atoms with E-state index in [0.29, 0.717) is 5.92 Å². The topological polar surface area (TPSA) is 23.8 Å². The second-order valence-corrected chi connectivity index (χ2v) is 9.73. The SMILES string of the molecule is CC1=[C-]C(C)C(C)=C1C.C[SiH]C.[Cl-].[Cl-].[NH-]C12CC3CC(CC(C3)C1)C2.[Ti+4]. The van der Waals surface area contributed by atoms with Gasteiger partial charge in [0.25, 0.3) is 0 Å². The summed E-state index contributed by atoms with van der Waals surface area (Å²) < 4.78 is 0. The van der Waals surface area contributed by atoms with Crippen LogP contribution in [0.5, 0.6) is 0 Å². The standard InChI is InChI=1S/C10H16N.C9H13.C2H7Si.2ClH.Ti/c11-10-4-7-1-8(5-10)3-9(2-7)6-10;1-6-5-7(2)9(4)8(6)3;1-3-2;;;/h7-9,11H,1-6H2;6H,1-4H3;3H,1-2H3;2*1H;/q2*-1;;;;+4/p-2. The third-order valence-corrected chi connectivity index (χ3v) is 6.27. The maximum atomic E-state index is 8.21. The molecule has 0 spiro atoms. The van der Waals surface area contributed by atoms with Crippen molar-refractivity contribution in [2.24, 2.45) is 23.7 Å². The van der Waals surface area contributed by atoms with Gasteiger partial charge in [-0.3, -0.25) is 6.08 Å². The molecule has 1 unspecified atom stereocenters. The van der Waals surface area contributed by atoms with Gasteiger partial charge in [-0.1, -0.05) is 59.0 Å². The third-order valence-electron chi connectivity index (χ3n) is 6.27. The molecule has 4 fully saturated rings. The van der Waals surface area contributed by atoms with Crippen molar-refractivity contribution in [3.8, 4) is 0 Å². The summed E-state index contributed by atoms with van der Waals surface area (Å²) in [4.78, 5) is 0. The van der Waals surface area contributed by atoms with E-state index in [-0.39, 0.29) is 52.1 Å². The summed E-state index contributed by atoms with van der Waals surface area (Å²) >= 11 is 0. The first-order chi connectivity index (χ1) is 10.8. The van der Waals surface area contributed by atoms with E-state index in [4.69, 9.17) is 5.73 Å². The molecule has 5 aliphatic carbocycles. The van der Waals surface area contributed by atoms with Crippen LogP contribution in [-0.4, -0.2) is 15.1 Å². The molecule has 5 aliphatic rings. The molecule has 26 heavy (non-hydrogen) atoms. The molecule has 0 amide bonds. The molecule has 0 aromatic carbocycles. The average Bonchev–Trinajstić information content (AvgIpc) is 2.64. The first-order valence-corrected chi connectivity index (χ1v) is 11.9. The summed E-state index contributed by atoms with van der Waals surface area (Å²) in [6.07, 6.45) is 11.5. The van der Waals surface area contributed by atoms with Crippen LogP contribution in [0, 0.1) is 29.7 Å². The van der Waals surface area contributed by atoms with Gasteiger partial charge in [-0.15, -0.1) is 12.5 Å². The Balaban J connectivity index is 0. The first kappa shape index (κ1) is 29.2. The largest absolute Gasteiger partial charge is 4.00 e. The van der Waals surface area contributed by atoms with Crippen LogP contribution in [0.25, 0.3) is 5.73 Å². The summed E-state index contributed by atoms with van der Waals surface area (Å²) in [5.41, 5.74) is 12.5. The molecule has 0 aromatic rings. The fourth-order valence-electron chi connectivity index (χ4n) is 5.27. The molecule has 4 saturated carbocycles. The molecule has 147 valence electrons. The van der Waals surface area contributed by atoms with Gasteiger partial charge in [0.05, 0.1) is 0 Å². The number of rotatable bonds is 0. The van der Waals surface area contributed by atoms with Gasteiger partial charge in [0.1, 0.15) is 0 Å². The molecule has 5 heteroatoms. The van der Waals surface area contributed by atoms with Crippen LogP contribution in [0.1, 0.15) is 66.2 Å². The van der Waals surface area contributed by atoms with Crippen LogP contribution in [0.3, 0.4) is 0 Å². The Bertz CT molecular complexity index is 455. The molecule has 5 rings (SSSR count). The fraction of sp³-hybridized carbons (Fsp3) is 0.810. The summed E-state index contributed by atoms with van der Waals surface area (Å²) in [5, 5.41) is 0. The van der Waals surface area contributed by atoms with Crippen molar-refractivity contribution in [3.63, 3.8) is 0 Å². The minimum absolute atomic E-state index is 0. The molecule has 0 saturated heterocycles. The first-order valence-electron chi connectivity index (χ1n) is 9.54. The van der Waals surface area contributed by atoms with Gasteiger partial charge in [0.15, 0.2) is 0 Å². The van der Waals surface area contributed by atoms with Gasteiger partial charge in [-0.05, 0) is 37.0 Å². The van der Waals surface area contributed by atoms with E-state index in [2.05, 4.69) is 46.9 Å². The van der Waals surface area contributed by atoms with E-state index in [1.165, 1.54) is 55.2 Å². The molecule has 1 radical (unpaired) electrons. The Morgan fingerprint density at radius 3 is 1.42 bits per heavy atom. The maximum absolute atomic E-state index is 8.21. The Morgan fingerprint density at radius 1 is 0.923 bits per heavy atom. The van der Waals surface area contributed by atoms with Gasteiger partial charge < -0.3 is 30.5 Å². The zero-order valence-electron chi connectivity index (χ0n) is 17.4. The van der Waals surface area contributed by atoms with E-state index in [0.717, 1.165) is 27.3 Å². The molecule has 0 aromatic heterocycles. The minimum atomic E-state index is 0. The smallest absolute Gasteiger partial charge is 1.00 e. The van der Waals surface area contributed by atoms with Crippen LogP contribution in [0.2, 0.25) is 13.1 Å². The molecule has 1 nitrogen and oxygen atoms in total. The van der Waals surface area contributed by atoms with Crippen molar-refractivity contribution < 1.29 is 46.5 Å². The minimum Gasteiger partial charge on any atom is -1.00 e. The summed E-state index contributed by atoms with van der Waals surface area (Å²) in [7, 11) is 0.750. The van der Waals surface area contributed by atoms with E-state index in [1.54, 1.807) is 0 Å². The molecular formula is C21H36Cl2NSiTi. The molecule has 1 N–H and O–H groups in total. The van der Waals surface area contributed by atoms with E-state index in [1.807, 2.05) is 0 Å². The Hall–Kier alpha value is 0.951. The predicted octanol–water partition coefficient (Wildman–Crippen LogP) is 0.254. The normalized spacial score (nSPS) is 35.6. The van der Waals surface area contributed by atoms with Gasteiger partial charge in [-0.2, -0.15) is 11.1 Å². The van der Waals surface area contributed by atoms with Crippen LogP contribution < -0.4 is 24.8 Å². The summed E-state index contributed by atoms with van der Waals surface area (Å²) in [5.74, 6) is 3.43. The van der Waals surface area contributed by atoms with E-state index >= 15 is 0 Å². The van der Waals surface area contributed by atoms with Crippen LogP contribution >= 0.6 is 0 Å². The number of nitrogens with one attached hydrogen (secondary N) is 1. The quantitative estimate of drug-likeness (QED) is 0.374. The Labute approximate surface area is 192 Å². The predicted molar refractivity (Wildman–Crippen MR) is 104 cm³/mol. The average molecular weight is 449 g/mol. The van der Waals surface area contributed by atoms with Gasteiger partial charge in [-0.25, -0.2) is 5.57 Å². The van der Waals surface area contributed by atoms with Crippen molar-refractivity contribution in [3.05, 3.63) is 28.5 Å². The fourth-order valence-corrected chi connectivity index (χ4v) is 5.27. The van der Waals surface area contributed by atoms with Crippen molar-refractivity contribution in [2.45, 2.75) is 84.9 Å². The van der Waals surface area contributed by atoms with Crippen molar-refractivity contribution in [1.29, 1.82) is 0 Å². The second-order valence-electron chi connectivity index (χ2n) is 8.57. The molecule has 0 aliphatic heterocycles. The van der Waals surface area contributed by atoms with Crippen LogP contribution in [-0.2, 0) is 21.7 Å². The third kappa shape index (κ3) is 7.41. The van der Waals surface area contributed by atoms with E-state index < -0.39 is 0 Å². The molecule has 0 heterocycles. The summed E-state index contributed by atoms with van der Waals surface area (Å²) in [6.45, 7) is 13.1. The number of allylic oxidation sites excluding steroid dienone is 4. The Morgan fingerprint density at radius 2 is 1.27 bits per heavy atom. The van der Waals surface area contributed by atoms with Gasteiger partial charge in [0.2, 0.25) is 0 Å². The molecule has 4 bridgehead atoms. The van der Waals surface area contributed by atoms with Crippen molar-refractivity contribution in [1.82, 2.24) is 0 Å². The van der Waals surface area contributed by atoms with Crippen LogP contribution in [0.15, 0.2) is 16.7 Å².